The van der Waals surface area contributed by atoms with Gasteiger partial charge in [-0.2, -0.15) is 4.89 Å². The van der Waals surface area contributed by atoms with Crippen LogP contribution in [-0.2, 0) is 14.6 Å². The van der Waals surface area contributed by atoms with Crippen LogP contribution in [0.5, 0.6) is 0 Å². The van der Waals surface area contributed by atoms with Crippen LogP contribution in [0.2, 0.25) is 0 Å². The summed E-state index contributed by atoms with van der Waals surface area (Å²) in [4.78, 5) is 16.2. The first-order valence-electron chi connectivity index (χ1n) is 2.34. The number of hydrogen-bond donors (Lipinski definition) is 0. The number of rotatable bonds is 2. The van der Waals surface area contributed by atoms with Crippen molar-refractivity contribution in [2.45, 2.75) is 0 Å². The fourth-order valence-corrected chi connectivity index (χ4v) is 0.0196. The maximum Gasteiger partial charge on any atom is 0.330 e. The summed E-state index contributed by atoms with van der Waals surface area (Å²) in [6, 6.07) is 0. The van der Waals surface area contributed by atoms with Crippen molar-refractivity contribution in [3.63, 3.8) is 0 Å². The zero-order valence-corrected chi connectivity index (χ0v) is 2.30. The first-order chi connectivity index (χ1) is 3.56. The van der Waals surface area contributed by atoms with Gasteiger partial charge in [-0.3, -0.25) is 4.79 Å². The number of hydrogen-bond acceptors (Lipinski definition) is 3. The van der Waals surface area contributed by atoms with Crippen molar-refractivity contribution in [1.29, 1.82) is 0 Å². The molecule has 0 spiro atoms. The molecule has 0 aliphatic rings. The van der Waals surface area contributed by atoms with Crippen molar-refractivity contribution < 1.29 is 18.7 Å². The SMILES string of the molecule is [2H]C([2H])([2H])OOC=O. The molecule has 0 radical (unpaired) electrons. The highest BCUT2D eigenvalue weighted by Crippen LogP contribution is 1.55. The third kappa shape index (κ3) is 3.43. The Hall–Kier alpha value is -0.570. The normalized spacial score (nSPS) is 18.0. The third-order valence-corrected chi connectivity index (χ3v) is 0.0874. The van der Waals surface area contributed by atoms with Crippen LogP contribution in [0.25, 0.3) is 0 Å². The van der Waals surface area contributed by atoms with E-state index in [0.717, 1.165) is 0 Å². The molecule has 0 aromatic heterocycles. The van der Waals surface area contributed by atoms with E-state index < -0.39 is 7.04 Å². The van der Waals surface area contributed by atoms with E-state index in [9.17, 15) is 4.79 Å². The molecule has 0 aromatic carbocycles. The quantitative estimate of drug-likeness (QED) is 0.259. The lowest BCUT2D eigenvalue weighted by atomic mass is 11.6. The molecule has 0 heterocycles. The van der Waals surface area contributed by atoms with Crippen LogP contribution in [0.4, 0.5) is 0 Å². The Kier molecular flexibility index (Phi) is 0.865. The first kappa shape index (κ1) is 1.26. The van der Waals surface area contributed by atoms with Gasteiger partial charge in [-0.25, -0.2) is 0 Å². The summed E-state index contributed by atoms with van der Waals surface area (Å²) >= 11 is 0. The molecule has 5 heavy (non-hydrogen) atoms. The van der Waals surface area contributed by atoms with E-state index >= 15 is 0 Å². The molecule has 0 aromatic rings. The zero-order valence-electron chi connectivity index (χ0n) is 5.30. The number of carbonyl (C=O) groups excluding carboxylic acids is 1. The van der Waals surface area contributed by atoms with Gasteiger partial charge in [-0.15, -0.1) is 0 Å². The Morgan fingerprint density at radius 2 is 3.00 bits per heavy atom. The molecule has 3 heteroatoms. The molecule has 0 fully saturated rings. The molecule has 0 amide bonds. The Balaban J connectivity index is 3.24. The van der Waals surface area contributed by atoms with Crippen molar-refractivity contribution >= 4 is 6.47 Å². The van der Waals surface area contributed by atoms with Crippen LogP contribution in [0, 0.1) is 0 Å². The van der Waals surface area contributed by atoms with Gasteiger partial charge >= 0.3 is 6.47 Å². The minimum atomic E-state index is -2.65. The zero-order chi connectivity index (χ0) is 6.62. The summed E-state index contributed by atoms with van der Waals surface area (Å²) in [5, 5.41) is 0. The van der Waals surface area contributed by atoms with Gasteiger partial charge in [0.2, 0.25) is 0 Å². The van der Waals surface area contributed by atoms with E-state index in [2.05, 4.69) is 9.78 Å². The molecule has 0 aliphatic carbocycles. The summed E-state index contributed by atoms with van der Waals surface area (Å²) in [6.45, 7) is -0.105. The molecule has 3 nitrogen and oxygen atoms in total. The maximum absolute atomic E-state index is 9.25. The summed E-state index contributed by atoms with van der Waals surface area (Å²) < 4.78 is 18.8. The molecule has 0 aliphatic heterocycles. The second-order valence-corrected chi connectivity index (χ2v) is 0.276. The van der Waals surface area contributed by atoms with Gasteiger partial charge in [0.1, 0.15) is 0 Å². The van der Waals surface area contributed by atoms with E-state index in [1.807, 2.05) is 0 Å². The van der Waals surface area contributed by atoms with Crippen molar-refractivity contribution in [3.8, 4) is 0 Å². The fourth-order valence-electron chi connectivity index (χ4n) is 0.0196. The summed E-state index contributed by atoms with van der Waals surface area (Å²) in [5.41, 5.74) is 0. The van der Waals surface area contributed by atoms with Gasteiger partial charge in [0, 0.05) is 0 Å². The minimum Gasteiger partial charge on any atom is -0.302 e. The predicted octanol–water partition coefficient (Wildman–Crippen LogP) is -0.279. The monoisotopic (exact) mass is 79.0 g/mol. The highest BCUT2D eigenvalue weighted by atomic mass is 17.2. The highest BCUT2D eigenvalue weighted by molar-refractivity contribution is 5.35. The topological polar surface area (TPSA) is 35.5 Å². The molecule has 0 N–H and O–H groups in total. The van der Waals surface area contributed by atoms with Crippen molar-refractivity contribution in [3.05, 3.63) is 0 Å². The third-order valence-electron chi connectivity index (χ3n) is 0.0874. The molecule has 0 saturated carbocycles. The van der Waals surface area contributed by atoms with Crippen LogP contribution in [-0.4, -0.2) is 13.5 Å². The second-order valence-electron chi connectivity index (χ2n) is 0.276. The first-order valence-corrected chi connectivity index (χ1v) is 0.842. The van der Waals surface area contributed by atoms with E-state index in [-0.39, 0.29) is 6.47 Å². The molecular formula is C2H4O3. The minimum absolute atomic E-state index is 0.105. The smallest absolute Gasteiger partial charge is 0.302 e. The lowest BCUT2D eigenvalue weighted by Gasteiger charge is -1.79. The Morgan fingerprint density at radius 3 is 3.20 bits per heavy atom. The van der Waals surface area contributed by atoms with Crippen molar-refractivity contribution in [1.82, 2.24) is 0 Å². The standard InChI is InChI=1S/C2H4O3/c1-4-5-2-3/h2H,1H3/i1D3. The summed E-state index contributed by atoms with van der Waals surface area (Å²) in [7, 11) is -2.65. The van der Waals surface area contributed by atoms with Gasteiger partial charge in [-0.1, -0.05) is 0 Å². The highest BCUT2D eigenvalue weighted by Gasteiger charge is 1.60. The van der Waals surface area contributed by atoms with Crippen LogP contribution in [0.1, 0.15) is 4.11 Å². The van der Waals surface area contributed by atoms with Crippen molar-refractivity contribution in [2.24, 2.45) is 0 Å². The van der Waals surface area contributed by atoms with Gasteiger partial charge in [0.05, 0.1) is 11.2 Å². The van der Waals surface area contributed by atoms with Crippen LogP contribution in [0.3, 0.4) is 0 Å². The average Bonchev–Trinajstić information content (AvgIpc) is 1.59. The van der Waals surface area contributed by atoms with Crippen LogP contribution < -0.4 is 0 Å². The van der Waals surface area contributed by atoms with Gasteiger partial charge < -0.3 is 4.89 Å². The average molecular weight is 79.1 g/mol. The van der Waals surface area contributed by atoms with Gasteiger partial charge in [0.15, 0.2) is 0 Å². The van der Waals surface area contributed by atoms with E-state index in [4.69, 9.17) is 4.11 Å². The molecule has 0 unspecified atom stereocenters. The summed E-state index contributed by atoms with van der Waals surface area (Å²) in [5.74, 6) is 0. The fraction of sp³-hybridized carbons (Fsp3) is 0.500. The van der Waals surface area contributed by atoms with Crippen LogP contribution in [0.15, 0.2) is 0 Å². The van der Waals surface area contributed by atoms with E-state index in [1.54, 1.807) is 0 Å². The molecule has 30 valence electrons. The Morgan fingerprint density at radius 1 is 2.20 bits per heavy atom. The van der Waals surface area contributed by atoms with Crippen LogP contribution >= 0.6 is 0 Å². The van der Waals surface area contributed by atoms with Gasteiger partial charge in [0.25, 0.3) is 0 Å². The Labute approximate surface area is 33.6 Å². The van der Waals surface area contributed by atoms with Gasteiger partial charge in [-0.05, 0) is 0 Å². The number of carbonyl (C=O) groups is 1. The molecular weight excluding hydrogens is 72.0 g/mol. The second kappa shape index (κ2) is 3.43. The summed E-state index contributed by atoms with van der Waals surface area (Å²) in [6.07, 6.45) is 0. The van der Waals surface area contributed by atoms with E-state index in [1.165, 1.54) is 0 Å². The lowest BCUT2D eigenvalue weighted by molar-refractivity contribution is -0.240. The maximum atomic E-state index is 9.25. The van der Waals surface area contributed by atoms with E-state index in [0.29, 0.717) is 0 Å². The molecule has 0 atom stereocenters. The van der Waals surface area contributed by atoms with Crippen molar-refractivity contribution in [2.75, 3.05) is 7.04 Å². The Bertz CT molecular complexity index is 77.1. The lowest BCUT2D eigenvalue weighted by Crippen LogP contribution is -1.80. The molecule has 0 saturated heterocycles. The molecule has 0 bridgehead atoms. The largest absolute Gasteiger partial charge is 0.330 e. The molecule has 0 rings (SSSR count). The predicted molar refractivity (Wildman–Crippen MR) is 14.2 cm³/mol.